The van der Waals surface area contributed by atoms with Crippen LogP contribution in [-0.2, 0) is 4.79 Å². The summed E-state index contributed by atoms with van der Waals surface area (Å²) in [4.78, 5) is 37.9. The first kappa shape index (κ1) is 15.4. The Hall–Kier alpha value is -3.16. The van der Waals surface area contributed by atoms with E-state index in [1.54, 1.807) is 24.4 Å². The highest BCUT2D eigenvalue weighted by Crippen LogP contribution is 2.31. The Morgan fingerprint density at radius 1 is 1.12 bits per heavy atom. The van der Waals surface area contributed by atoms with E-state index in [1.807, 2.05) is 4.90 Å². The highest BCUT2D eigenvalue weighted by Gasteiger charge is 2.35. The summed E-state index contributed by atoms with van der Waals surface area (Å²) in [7, 11) is 0. The SMILES string of the molecule is O=C1N=C(N2CCCC2)N=C2N=CC=C(c3ccc([N+](=O)[O-])cc3)C12. The lowest BCUT2D eigenvalue weighted by Gasteiger charge is -2.26. The van der Waals surface area contributed by atoms with Crippen molar-refractivity contribution in [2.24, 2.45) is 20.9 Å². The lowest BCUT2D eigenvalue weighted by molar-refractivity contribution is -0.384. The topological polar surface area (TPSA) is 101 Å². The van der Waals surface area contributed by atoms with Gasteiger partial charge in [-0.25, -0.2) is 4.99 Å². The van der Waals surface area contributed by atoms with Gasteiger partial charge in [0.25, 0.3) is 11.6 Å². The predicted octanol–water partition coefficient (Wildman–Crippen LogP) is 2.07. The van der Waals surface area contributed by atoms with Gasteiger partial charge >= 0.3 is 0 Å². The van der Waals surface area contributed by atoms with Gasteiger partial charge in [-0.2, -0.15) is 9.98 Å². The maximum Gasteiger partial charge on any atom is 0.269 e. The molecule has 0 radical (unpaired) electrons. The largest absolute Gasteiger partial charge is 0.341 e. The minimum Gasteiger partial charge on any atom is -0.341 e. The molecule has 0 N–H and O–H groups in total. The Morgan fingerprint density at radius 2 is 1.84 bits per heavy atom. The molecule has 25 heavy (non-hydrogen) atoms. The summed E-state index contributed by atoms with van der Waals surface area (Å²) in [6.45, 7) is 1.70. The van der Waals surface area contributed by atoms with E-state index in [-0.39, 0.29) is 11.6 Å². The summed E-state index contributed by atoms with van der Waals surface area (Å²) in [6, 6.07) is 6.11. The van der Waals surface area contributed by atoms with E-state index >= 15 is 0 Å². The van der Waals surface area contributed by atoms with Crippen molar-refractivity contribution in [2.75, 3.05) is 13.1 Å². The van der Waals surface area contributed by atoms with Crippen LogP contribution in [0.25, 0.3) is 5.57 Å². The van der Waals surface area contributed by atoms with Gasteiger partial charge in [0, 0.05) is 31.4 Å². The van der Waals surface area contributed by atoms with Gasteiger partial charge in [0.1, 0.15) is 11.8 Å². The normalized spacial score (nSPS) is 22.2. The quantitative estimate of drug-likeness (QED) is 0.609. The number of benzene rings is 1. The molecule has 0 aromatic heterocycles. The monoisotopic (exact) mass is 337 g/mol. The molecule has 0 spiro atoms. The average Bonchev–Trinajstić information content (AvgIpc) is 3.16. The molecule has 1 aromatic carbocycles. The summed E-state index contributed by atoms with van der Waals surface area (Å²) in [5.74, 6) is -0.0836. The number of nitrogens with zero attached hydrogens (tertiary/aromatic N) is 5. The number of amides is 1. The zero-order valence-corrected chi connectivity index (χ0v) is 13.3. The number of carbonyl (C=O) groups is 1. The van der Waals surface area contributed by atoms with Crippen LogP contribution in [0.2, 0.25) is 0 Å². The first-order chi connectivity index (χ1) is 12.1. The lowest BCUT2D eigenvalue weighted by atomic mass is 9.88. The molecule has 0 bridgehead atoms. The van der Waals surface area contributed by atoms with Crippen LogP contribution in [0, 0.1) is 16.0 Å². The van der Waals surface area contributed by atoms with Crippen molar-refractivity contribution < 1.29 is 9.72 Å². The third-order valence-corrected chi connectivity index (χ3v) is 4.50. The Morgan fingerprint density at radius 3 is 2.52 bits per heavy atom. The van der Waals surface area contributed by atoms with Crippen LogP contribution in [-0.4, -0.2) is 46.8 Å². The van der Waals surface area contributed by atoms with Crippen molar-refractivity contribution in [1.82, 2.24) is 4.90 Å². The molecular weight excluding hydrogens is 322 g/mol. The standard InChI is InChI=1S/C17H15N5O3/c23-16-14-13(11-3-5-12(6-4-11)22(24)25)7-8-18-15(14)19-17(20-16)21-9-1-2-10-21/h3-8,14H,1-2,9-10H2. The fraction of sp³-hybridized carbons (Fsp3) is 0.294. The number of rotatable bonds is 2. The lowest BCUT2D eigenvalue weighted by Crippen LogP contribution is -2.36. The molecule has 1 unspecified atom stereocenters. The number of nitro groups is 1. The number of aliphatic imine (C=N–C) groups is 3. The van der Waals surface area contributed by atoms with Gasteiger partial charge in [-0.3, -0.25) is 14.9 Å². The molecule has 8 heteroatoms. The number of allylic oxidation sites excluding steroid dienone is 1. The number of guanidine groups is 1. The molecule has 8 nitrogen and oxygen atoms in total. The van der Waals surface area contributed by atoms with E-state index in [0.717, 1.165) is 31.5 Å². The van der Waals surface area contributed by atoms with E-state index in [4.69, 9.17) is 0 Å². The zero-order valence-electron chi connectivity index (χ0n) is 13.3. The average molecular weight is 337 g/mol. The minimum atomic E-state index is -0.655. The van der Waals surface area contributed by atoms with Gasteiger partial charge < -0.3 is 4.90 Å². The molecule has 3 heterocycles. The van der Waals surface area contributed by atoms with Crippen molar-refractivity contribution in [3.63, 3.8) is 0 Å². The number of amidine groups is 1. The molecule has 4 rings (SSSR count). The van der Waals surface area contributed by atoms with Crippen LogP contribution < -0.4 is 0 Å². The van der Waals surface area contributed by atoms with E-state index in [1.165, 1.54) is 12.1 Å². The van der Waals surface area contributed by atoms with Gasteiger partial charge in [-0.1, -0.05) is 0 Å². The van der Waals surface area contributed by atoms with Crippen LogP contribution in [0.5, 0.6) is 0 Å². The second-order valence-electron chi connectivity index (χ2n) is 6.05. The molecule has 1 atom stereocenters. The summed E-state index contributed by atoms with van der Waals surface area (Å²) < 4.78 is 0. The van der Waals surface area contributed by atoms with E-state index < -0.39 is 10.8 Å². The van der Waals surface area contributed by atoms with Crippen LogP contribution in [0.15, 0.2) is 45.3 Å². The van der Waals surface area contributed by atoms with Crippen molar-refractivity contribution in [3.8, 4) is 0 Å². The smallest absolute Gasteiger partial charge is 0.269 e. The number of carbonyl (C=O) groups excluding carboxylic acids is 1. The van der Waals surface area contributed by atoms with Gasteiger partial charge in [-0.05, 0) is 42.2 Å². The fourth-order valence-corrected chi connectivity index (χ4v) is 3.23. The third kappa shape index (κ3) is 2.75. The van der Waals surface area contributed by atoms with Crippen LogP contribution in [0.1, 0.15) is 18.4 Å². The summed E-state index contributed by atoms with van der Waals surface area (Å²) in [6.07, 6.45) is 5.48. The van der Waals surface area contributed by atoms with Crippen LogP contribution in [0.4, 0.5) is 5.69 Å². The first-order valence-corrected chi connectivity index (χ1v) is 8.08. The molecule has 1 amide bonds. The summed E-state index contributed by atoms with van der Waals surface area (Å²) >= 11 is 0. The Labute approximate surface area is 143 Å². The highest BCUT2D eigenvalue weighted by atomic mass is 16.6. The second-order valence-corrected chi connectivity index (χ2v) is 6.05. The molecule has 126 valence electrons. The predicted molar refractivity (Wildman–Crippen MR) is 93.7 cm³/mol. The zero-order chi connectivity index (χ0) is 17.4. The van der Waals surface area contributed by atoms with Gasteiger partial charge in [0.15, 0.2) is 0 Å². The van der Waals surface area contributed by atoms with E-state index in [9.17, 15) is 14.9 Å². The summed E-state index contributed by atoms with van der Waals surface area (Å²) in [5.41, 5.74) is 1.44. The third-order valence-electron chi connectivity index (χ3n) is 4.50. The highest BCUT2D eigenvalue weighted by molar-refractivity contribution is 6.25. The number of nitro benzene ring substituents is 1. The minimum absolute atomic E-state index is 0.00651. The fourth-order valence-electron chi connectivity index (χ4n) is 3.23. The van der Waals surface area contributed by atoms with Gasteiger partial charge in [0.2, 0.25) is 5.96 Å². The molecule has 3 aliphatic heterocycles. The Kier molecular flexibility index (Phi) is 3.72. The number of dihydropyridines is 1. The van der Waals surface area contributed by atoms with Crippen molar-refractivity contribution >= 4 is 35.2 Å². The van der Waals surface area contributed by atoms with Crippen molar-refractivity contribution in [3.05, 3.63) is 46.0 Å². The molecule has 0 aliphatic carbocycles. The molecule has 1 fully saturated rings. The van der Waals surface area contributed by atoms with Crippen molar-refractivity contribution in [2.45, 2.75) is 12.8 Å². The number of hydrogen-bond donors (Lipinski definition) is 0. The summed E-state index contributed by atoms with van der Waals surface area (Å²) in [5, 5.41) is 10.8. The molecular formula is C17H15N5O3. The maximum absolute atomic E-state index is 12.6. The Bertz CT molecular complexity index is 861. The number of hydrogen-bond acceptors (Lipinski definition) is 6. The van der Waals surface area contributed by atoms with E-state index in [2.05, 4.69) is 15.0 Å². The molecule has 0 saturated carbocycles. The van der Waals surface area contributed by atoms with Crippen molar-refractivity contribution in [1.29, 1.82) is 0 Å². The number of likely N-dealkylation sites (tertiary alicyclic amines) is 1. The van der Waals surface area contributed by atoms with Crippen LogP contribution in [0.3, 0.4) is 0 Å². The second kappa shape index (κ2) is 6.04. The molecule has 1 aromatic rings. The first-order valence-electron chi connectivity index (χ1n) is 8.08. The maximum atomic E-state index is 12.6. The van der Waals surface area contributed by atoms with Gasteiger partial charge in [0.05, 0.1) is 4.92 Å². The molecule has 1 saturated heterocycles. The number of fused-ring (bicyclic) bond motifs is 1. The number of non-ortho nitro benzene ring substituents is 1. The Balaban J connectivity index is 1.65. The van der Waals surface area contributed by atoms with E-state index in [0.29, 0.717) is 17.4 Å². The van der Waals surface area contributed by atoms with Gasteiger partial charge in [-0.15, -0.1) is 0 Å². The van der Waals surface area contributed by atoms with Crippen LogP contribution >= 0.6 is 0 Å². The molecule has 3 aliphatic rings.